The van der Waals surface area contributed by atoms with Gasteiger partial charge < -0.3 is 5.11 Å². The van der Waals surface area contributed by atoms with E-state index in [1.165, 1.54) is 0 Å². The quantitative estimate of drug-likeness (QED) is 0.470. The fraction of sp³-hybridized carbons (Fsp3) is 0.100. The third-order valence-corrected chi connectivity index (χ3v) is 1.81. The number of rotatable bonds is 0. The predicted molar refractivity (Wildman–Crippen MR) is 45.9 cm³/mol. The zero-order chi connectivity index (χ0) is 8.55. The Labute approximate surface area is 98.9 Å². The second-order valence-electron chi connectivity index (χ2n) is 2.84. The van der Waals surface area contributed by atoms with E-state index in [9.17, 15) is 5.11 Å². The second kappa shape index (κ2) is 4.09. The van der Waals surface area contributed by atoms with Crippen LogP contribution in [0.4, 0.5) is 0 Å². The molecule has 2 rings (SSSR count). The van der Waals surface area contributed by atoms with Gasteiger partial charge in [-0.15, -0.1) is 0 Å². The van der Waals surface area contributed by atoms with Gasteiger partial charge in [-0.1, -0.05) is 23.4 Å². The number of benzene rings is 1. The Morgan fingerprint density at radius 1 is 1.31 bits per heavy atom. The topological polar surface area (TPSA) is 36.0 Å². The van der Waals surface area contributed by atoms with Crippen molar-refractivity contribution in [3.05, 3.63) is 36.0 Å². The van der Waals surface area contributed by atoms with Gasteiger partial charge in [0.15, 0.2) is 0 Å². The van der Waals surface area contributed by atoms with Crippen molar-refractivity contribution >= 4 is 10.9 Å². The maximum atomic E-state index is 11.3. The van der Waals surface area contributed by atoms with Crippen molar-refractivity contribution in [1.82, 2.24) is 4.98 Å². The van der Waals surface area contributed by atoms with Gasteiger partial charge >= 0.3 is 29.6 Å². The van der Waals surface area contributed by atoms with Crippen LogP contribution in [0.3, 0.4) is 0 Å². The minimum absolute atomic E-state index is 0. The van der Waals surface area contributed by atoms with Gasteiger partial charge in [0, 0.05) is 6.20 Å². The molecule has 1 heterocycles. The molecule has 0 amide bonds. The Morgan fingerprint density at radius 3 is 2.85 bits per heavy atom. The van der Waals surface area contributed by atoms with Crippen LogP contribution in [0.25, 0.3) is 10.9 Å². The summed E-state index contributed by atoms with van der Waals surface area (Å²) in [5.74, 6) is 0.00519. The van der Waals surface area contributed by atoms with Gasteiger partial charge in [0.05, 0.1) is 5.52 Å². The molecule has 0 spiro atoms. The largest absolute Gasteiger partial charge is 1.00 e. The van der Waals surface area contributed by atoms with Gasteiger partial charge in [0.2, 0.25) is 0 Å². The van der Waals surface area contributed by atoms with Crippen LogP contribution in [0.1, 0.15) is 5.56 Å². The normalized spacial score (nSPS) is 9.62. The molecule has 0 atom stereocenters. The van der Waals surface area contributed by atoms with Crippen LogP contribution in [-0.2, 0) is 0 Å². The molecular formula is C10H8NNaO. The minimum atomic E-state index is 0. The van der Waals surface area contributed by atoms with E-state index in [1.807, 2.05) is 25.1 Å². The minimum Gasteiger partial charge on any atom is -0.871 e. The molecule has 13 heavy (non-hydrogen) atoms. The summed E-state index contributed by atoms with van der Waals surface area (Å²) in [7, 11) is 0. The summed E-state index contributed by atoms with van der Waals surface area (Å²) in [6, 6.07) is 7.30. The van der Waals surface area contributed by atoms with Crippen molar-refractivity contribution < 1.29 is 34.7 Å². The third kappa shape index (κ3) is 2.02. The first kappa shape index (κ1) is 10.5. The van der Waals surface area contributed by atoms with E-state index in [0.29, 0.717) is 5.52 Å². The smallest absolute Gasteiger partial charge is 0.871 e. The summed E-state index contributed by atoms with van der Waals surface area (Å²) in [6.07, 6.45) is 1.64. The van der Waals surface area contributed by atoms with E-state index in [2.05, 4.69) is 4.98 Å². The molecule has 0 aliphatic carbocycles. The molecule has 2 aromatic rings. The van der Waals surface area contributed by atoms with Crippen LogP contribution in [0.2, 0.25) is 0 Å². The molecule has 0 aliphatic rings. The summed E-state index contributed by atoms with van der Waals surface area (Å²) in [5.41, 5.74) is 1.55. The van der Waals surface area contributed by atoms with Crippen LogP contribution in [0.5, 0.6) is 5.75 Å². The number of nitrogens with zero attached hydrogens (tertiary/aromatic N) is 1. The second-order valence-corrected chi connectivity index (χ2v) is 2.84. The molecule has 0 saturated carbocycles. The van der Waals surface area contributed by atoms with Crippen LogP contribution >= 0.6 is 0 Å². The first-order valence-corrected chi connectivity index (χ1v) is 3.80. The monoisotopic (exact) mass is 181 g/mol. The summed E-state index contributed by atoms with van der Waals surface area (Å²) < 4.78 is 0. The Balaban J connectivity index is 0.000000845. The first-order chi connectivity index (χ1) is 5.77. The number of hydrogen-bond donors (Lipinski definition) is 0. The Morgan fingerprint density at radius 2 is 2.08 bits per heavy atom. The van der Waals surface area contributed by atoms with Crippen molar-refractivity contribution in [2.75, 3.05) is 0 Å². The molecular weight excluding hydrogens is 173 g/mol. The summed E-state index contributed by atoms with van der Waals surface area (Å²) in [4.78, 5) is 4.01. The van der Waals surface area contributed by atoms with Crippen molar-refractivity contribution in [2.24, 2.45) is 0 Å². The Bertz CT molecular complexity index is 428. The summed E-state index contributed by atoms with van der Waals surface area (Å²) >= 11 is 0. The van der Waals surface area contributed by atoms with Gasteiger partial charge in [-0.05, 0) is 24.4 Å². The standard InChI is InChI=1S/C10H9NO.Na/c1-7-5-8-3-2-4-11-10(8)9(12)6-7;/h2-6,12H,1H3;/q;+1/p-1. The van der Waals surface area contributed by atoms with Crippen molar-refractivity contribution in [3.8, 4) is 5.75 Å². The van der Waals surface area contributed by atoms with Gasteiger partial charge in [0.25, 0.3) is 0 Å². The molecule has 0 N–H and O–H groups in total. The van der Waals surface area contributed by atoms with Gasteiger partial charge in [-0.3, -0.25) is 4.98 Å². The Hall–Kier alpha value is -0.570. The van der Waals surface area contributed by atoms with Crippen molar-refractivity contribution in [2.45, 2.75) is 6.92 Å². The van der Waals surface area contributed by atoms with Crippen LogP contribution in [0, 0.1) is 6.92 Å². The predicted octanol–water partition coefficient (Wildman–Crippen LogP) is -1.38. The SMILES string of the molecule is Cc1cc([O-])c2ncccc2c1.[Na+]. The fourth-order valence-corrected chi connectivity index (χ4v) is 1.30. The maximum Gasteiger partial charge on any atom is 1.00 e. The van der Waals surface area contributed by atoms with E-state index in [0.717, 1.165) is 10.9 Å². The van der Waals surface area contributed by atoms with E-state index >= 15 is 0 Å². The maximum absolute atomic E-state index is 11.3. The molecule has 0 saturated heterocycles. The summed E-state index contributed by atoms with van der Waals surface area (Å²) in [6.45, 7) is 1.91. The van der Waals surface area contributed by atoms with Crippen LogP contribution < -0.4 is 34.7 Å². The zero-order valence-corrected chi connectivity index (χ0v) is 9.74. The van der Waals surface area contributed by atoms with Crippen LogP contribution in [-0.4, -0.2) is 4.98 Å². The molecule has 0 fully saturated rings. The molecule has 0 aliphatic heterocycles. The number of aromatic nitrogens is 1. The zero-order valence-electron chi connectivity index (χ0n) is 7.74. The molecule has 0 bridgehead atoms. The number of hydrogen-bond acceptors (Lipinski definition) is 2. The first-order valence-electron chi connectivity index (χ1n) is 3.80. The molecule has 0 unspecified atom stereocenters. The number of pyridine rings is 1. The molecule has 2 nitrogen and oxygen atoms in total. The number of aryl methyl sites for hydroxylation is 1. The van der Waals surface area contributed by atoms with E-state index in [1.54, 1.807) is 12.3 Å². The fourth-order valence-electron chi connectivity index (χ4n) is 1.30. The van der Waals surface area contributed by atoms with Crippen molar-refractivity contribution in [1.29, 1.82) is 0 Å². The average molecular weight is 181 g/mol. The van der Waals surface area contributed by atoms with Gasteiger partial charge in [-0.25, -0.2) is 0 Å². The molecule has 60 valence electrons. The van der Waals surface area contributed by atoms with E-state index < -0.39 is 0 Å². The van der Waals surface area contributed by atoms with Crippen molar-refractivity contribution in [3.63, 3.8) is 0 Å². The molecule has 1 aromatic heterocycles. The van der Waals surface area contributed by atoms with Gasteiger partial charge in [-0.2, -0.15) is 0 Å². The van der Waals surface area contributed by atoms with E-state index in [-0.39, 0.29) is 35.3 Å². The number of fused-ring (bicyclic) bond motifs is 1. The summed E-state index contributed by atoms with van der Waals surface area (Å²) in [5, 5.41) is 12.3. The van der Waals surface area contributed by atoms with Crippen LogP contribution in [0.15, 0.2) is 30.5 Å². The van der Waals surface area contributed by atoms with Gasteiger partial charge in [0.1, 0.15) is 0 Å². The third-order valence-electron chi connectivity index (χ3n) is 1.81. The average Bonchev–Trinajstić information content (AvgIpc) is 2.04. The molecule has 3 heteroatoms. The molecule has 1 aromatic carbocycles. The molecule has 0 radical (unpaired) electrons. The van der Waals surface area contributed by atoms with E-state index in [4.69, 9.17) is 0 Å². The Kier molecular flexibility index (Phi) is 3.31.